The molecule has 37 heavy (non-hydrogen) atoms. The van der Waals surface area contributed by atoms with E-state index in [0.29, 0.717) is 23.4 Å². The zero-order chi connectivity index (χ0) is 26.4. The standard InChI is InChI=1S/C23H27N6O7P/c1-33-19(30)11-18(23(31)34-2)28-37(32,36-17-6-4-3-5-7-17)35-12-15-8-9-16(10-15)29-14-27-20-21(24)25-13-26-22(20)29/h3-9,13-16,18H,10-12H2,1-2H3,(H,28,32)(H2,24,25,26)/t15-,16+,18-,37?/m0/s1. The number of nitrogens with zero attached hydrogens (tertiary/aromatic N) is 4. The molecule has 0 radical (unpaired) electrons. The number of nitrogens with two attached hydrogens (primary N) is 1. The van der Waals surface area contributed by atoms with Gasteiger partial charge in [-0.3, -0.25) is 14.1 Å². The van der Waals surface area contributed by atoms with Gasteiger partial charge < -0.3 is 24.3 Å². The van der Waals surface area contributed by atoms with E-state index < -0.39 is 32.1 Å². The highest BCUT2D eigenvalue weighted by Gasteiger charge is 2.37. The molecule has 4 atom stereocenters. The molecule has 14 heteroatoms. The third-order valence-corrected chi connectivity index (χ3v) is 7.29. The van der Waals surface area contributed by atoms with Crippen LogP contribution in [-0.2, 0) is 28.2 Å². The number of nitrogen functional groups attached to an aromatic ring is 1. The van der Waals surface area contributed by atoms with Gasteiger partial charge >= 0.3 is 19.7 Å². The molecule has 4 rings (SSSR count). The zero-order valence-electron chi connectivity index (χ0n) is 20.2. The number of hydrogen-bond donors (Lipinski definition) is 2. The van der Waals surface area contributed by atoms with E-state index in [-0.39, 0.29) is 24.3 Å². The molecule has 0 fully saturated rings. The van der Waals surface area contributed by atoms with Crippen LogP contribution in [0.15, 0.2) is 55.1 Å². The maximum Gasteiger partial charge on any atom is 0.459 e. The average Bonchev–Trinajstić information content (AvgIpc) is 3.55. The molecule has 1 aromatic carbocycles. The minimum atomic E-state index is -4.16. The molecule has 1 aliphatic rings. The van der Waals surface area contributed by atoms with Crippen LogP contribution in [0.1, 0.15) is 18.9 Å². The molecule has 0 aliphatic heterocycles. The van der Waals surface area contributed by atoms with Crippen molar-refractivity contribution < 1.29 is 32.7 Å². The first-order valence-electron chi connectivity index (χ1n) is 11.3. The first-order valence-corrected chi connectivity index (χ1v) is 12.9. The van der Waals surface area contributed by atoms with E-state index in [0.717, 1.165) is 7.11 Å². The highest BCUT2D eigenvalue weighted by atomic mass is 31.2. The van der Waals surface area contributed by atoms with E-state index in [1.165, 1.54) is 13.4 Å². The maximum absolute atomic E-state index is 13.8. The first-order chi connectivity index (χ1) is 17.8. The summed E-state index contributed by atoms with van der Waals surface area (Å²) in [4.78, 5) is 36.7. The van der Waals surface area contributed by atoms with Gasteiger partial charge in [-0.05, 0) is 18.6 Å². The molecule has 3 aromatic rings. The average molecular weight is 530 g/mol. The van der Waals surface area contributed by atoms with Crippen LogP contribution < -0.4 is 15.3 Å². The predicted molar refractivity (Wildman–Crippen MR) is 132 cm³/mol. The van der Waals surface area contributed by atoms with Gasteiger partial charge in [0, 0.05) is 5.92 Å². The summed E-state index contributed by atoms with van der Waals surface area (Å²) in [5, 5.41) is 2.55. The second kappa shape index (κ2) is 11.5. The van der Waals surface area contributed by atoms with E-state index in [2.05, 4.69) is 24.8 Å². The van der Waals surface area contributed by atoms with Gasteiger partial charge in [0.15, 0.2) is 11.5 Å². The molecule has 2 aromatic heterocycles. The number of para-hydroxylation sites is 1. The summed E-state index contributed by atoms with van der Waals surface area (Å²) >= 11 is 0. The van der Waals surface area contributed by atoms with Gasteiger partial charge in [0.2, 0.25) is 0 Å². The zero-order valence-corrected chi connectivity index (χ0v) is 21.1. The summed E-state index contributed by atoms with van der Waals surface area (Å²) in [6.07, 6.45) is 7.09. The number of carbonyl (C=O) groups is 2. The van der Waals surface area contributed by atoms with Crippen LogP contribution in [0.2, 0.25) is 0 Å². The lowest BCUT2D eigenvalue weighted by atomic mass is 10.1. The number of hydrogen-bond acceptors (Lipinski definition) is 11. The van der Waals surface area contributed by atoms with Crippen molar-refractivity contribution in [1.82, 2.24) is 24.6 Å². The number of imidazole rings is 1. The van der Waals surface area contributed by atoms with E-state index >= 15 is 0 Å². The Bertz CT molecular complexity index is 1330. The molecule has 1 aliphatic carbocycles. The summed E-state index contributed by atoms with van der Waals surface area (Å²) in [5.74, 6) is -1.12. The van der Waals surface area contributed by atoms with E-state index in [1.807, 2.05) is 16.7 Å². The fourth-order valence-corrected chi connectivity index (χ4v) is 5.41. The first kappa shape index (κ1) is 26.3. The predicted octanol–water partition coefficient (Wildman–Crippen LogP) is 2.42. The smallest absolute Gasteiger partial charge is 0.459 e. The van der Waals surface area contributed by atoms with Crippen LogP contribution >= 0.6 is 7.75 Å². The summed E-state index contributed by atoms with van der Waals surface area (Å²) < 4.78 is 36.5. The summed E-state index contributed by atoms with van der Waals surface area (Å²) in [6.45, 7) is -0.0000190. The molecule has 0 saturated heterocycles. The van der Waals surface area contributed by atoms with Crippen LogP contribution in [0.4, 0.5) is 5.82 Å². The van der Waals surface area contributed by atoms with Crippen molar-refractivity contribution in [1.29, 1.82) is 0 Å². The molecule has 0 saturated carbocycles. The molecule has 0 spiro atoms. The Morgan fingerprint density at radius 1 is 1.16 bits per heavy atom. The topological polar surface area (TPSA) is 170 Å². The third kappa shape index (κ3) is 6.31. The lowest BCUT2D eigenvalue weighted by Crippen LogP contribution is -2.39. The van der Waals surface area contributed by atoms with Crippen molar-refractivity contribution in [2.24, 2.45) is 5.92 Å². The molecular weight excluding hydrogens is 503 g/mol. The number of fused-ring (bicyclic) bond motifs is 1. The Morgan fingerprint density at radius 3 is 2.68 bits per heavy atom. The van der Waals surface area contributed by atoms with Gasteiger partial charge in [-0.25, -0.2) is 19.5 Å². The quantitative estimate of drug-likeness (QED) is 0.211. The number of carbonyl (C=O) groups excluding carboxylic acids is 2. The largest absolute Gasteiger partial charge is 0.469 e. The van der Waals surface area contributed by atoms with Crippen LogP contribution in [0, 0.1) is 5.92 Å². The highest BCUT2D eigenvalue weighted by Crippen LogP contribution is 2.46. The number of aromatic nitrogens is 4. The fraction of sp³-hybridized carbons (Fsp3) is 0.348. The molecule has 2 heterocycles. The monoisotopic (exact) mass is 530 g/mol. The van der Waals surface area contributed by atoms with E-state index in [1.54, 1.807) is 36.7 Å². The minimum Gasteiger partial charge on any atom is -0.469 e. The number of ether oxygens (including phenoxy) is 2. The summed E-state index contributed by atoms with van der Waals surface area (Å²) in [6, 6.07) is 6.94. The van der Waals surface area contributed by atoms with Crippen molar-refractivity contribution >= 4 is 36.7 Å². The van der Waals surface area contributed by atoms with Crippen molar-refractivity contribution in [3.05, 3.63) is 55.1 Å². The van der Waals surface area contributed by atoms with Gasteiger partial charge in [-0.15, -0.1) is 0 Å². The number of benzene rings is 1. The number of allylic oxidation sites excluding steroid dienone is 1. The summed E-state index contributed by atoms with van der Waals surface area (Å²) in [5.41, 5.74) is 7.00. The second-order valence-electron chi connectivity index (χ2n) is 8.21. The van der Waals surface area contributed by atoms with Gasteiger partial charge in [0.25, 0.3) is 0 Å². The Morgan fingerprint density at radius 2 is 1.95 bits per heavy atom. The Labute approximate surface area is 212 Å². The fourth-order valence-electron chi connectivity index (χ4n) is 3.86. The van der Waals surface area contributed by atoms with Crippen molar-refractivity contribution in [3.8, 4) is 5.75 Å². The number of nitrogens with one attached hydrogen (secondary N) is 1. The van der Waals surface area contributed by atoms with Crippen LogP contribution in [0.25, 0.3) is 11.2 Å². The lowest BCUT2D eigenvalue weighted by molar-refractivity contribution is -0.149. The van der Waals surface area contributed by atoms with E-state index in [9.17, 15) is 14.2 Å². The molecule has 196 valence electrons. The van der Waals surface area contributed by atoms with Crippen LogP contribution in [0.3, 0.4) is 0 Å². The Kier molecular flexibility index (Phi) is 8.17. The summed E-state index contributed by atoms with van der Waals surface area (Å²) in [7, 11) is -1.82. The SMILES string of the molecule is COC(=O)C[C@H](NP(=O)(OC[C@H]1C=C[C@@H](n2cnc3c(N)ncnc32)C1)Oc1ccccc1)C(=O)OC. The molecule has 0 amide bonds. The molecule has 1 unspecified atom stereocenters. The van der Waals surface area contributed by atoms with Gasteiger partial charge in [-0.1, -0.05) is 30.4 Å². The molecule has 3 N–H and O–H groups in total. The molecule has 0 bridgehead atoms. The number of methoxy groups -OCH3 is 2. The highest BCUT2D eigenvalue weighted by molar-refractivity contribution is 7.52. The van der Waals surface area contributed by atoms with Crippen LogP contribution in [-0.4, -0.2) is 58.3 Å². The minimum absolute atomic E-state index is 0.0000190. The number of esters is 2. The van der Waals surface area contributed by atoms with E-state index in [4.69, 9.17) is 19.5 Å². The maximum atomic E-state index is 13.8. The number of anilines is 1. The van der Waals surface area contributed by atoms with Crippen molar-refractivity contribution in [3.63, 3.8) is 0 Å². The van der Waals surface area contributed by atoms with Gasteiger partial charge in [0.05, 0.1) is 39.6 Å². The van der Waals surface area contributed by atoms with Gasteiger partial charge in [-0.2, -0.15) is 5.09 Å². The Hall–Kier alpha value is -3.80. The van der Waals surface area contributed by atoms with Gasteiger partial charge in [0.1, 0.15) is 23.6 Å². The van der Waals surface area contributed by atoms with Crippen molar-refractivity contribution in [2.45, 2.75) is 24.9 Å². The second-order valence-corrected chi connectivity index (χ2v) is 9.91. The molecular formula is C23H27N6O7P. The van der Waals surface area contributed by atoms with Crippen LogP contribution in [0.5, 0.6) is 5.75 Å². The lowest BCUT2D eigenvalue weighted by Gasteiger charge is -2.25. The molecule has 13 nitrogen and oxygen atoms in total. The normalized spacial score (nSPS) is 19.3. The third-order valence-electron chi connectivity index (χ3n) is 5.72. The number of rotatable bonds is 11. The Balaban J connectivity index is 1.48. The van der Waals surface area contributed by atoms with Crippen molar-refractivity contribution in [2.75, 3.05) is 26.6 Å².